The zero-order valence-corrected chi connectivity index (χ0v) is 41.5. The number of aromatic amines is 2. The molecule has 8 atom stereocenters. The van der Waals surface area contributed by atoms with Crippen molar-refractivity contribution in [1.82, 2.24) is 19.9 Å². The Bertz CT molecular complexity index is 2530. The number of allylic oxidation sites excluding steroid dienone is 2. The Morgan fingerprint density at radius 2 is 1.48 bits per heavy atom. The number of carbonyl (C=O) groups excluding carboxylic acids is 2. The molecule has 0 spiro atoms. The molecule has 3 aromatic rings. The van der Waals surface area contributed by atoms with Gasteiger partial charge in [-0.1, -0.05) is 99.6 Å². The molecule has 354 valence electrons. The highest BCUT2D eigenvalue weighted by molar-refractivity contribution is 5.96. The lowest BCUT2D eigenvalue weighted by atomic mass is 9.84. The number of aliphatic hydroxyl groups is 2. The lowest BCUT2D eigenvalue weighted by Gasteiger charge is -2.19. The maximum absolute atomic E-state index is 13.7. The van der Waals surface area contributed by atoms with Crippen molar-refractivity contribution in [2.75, 3.05) is 13.7 Å². The van der Waals surface area contributed by atoms with E-state index in [9.17, 15) is 19.8 Å². The van der Waals surface area contributed by atoms with Crippen molar-refractivity contribution in [3.8, 4) is 0 Å². The van der Waals surface area contributed by atoms with Crippen LogP contribution < -0.4 is 10.4 Å². The summed E-state index contributed by atoms with van der Waals surface area (Å²) < 4.78 is 11.2. The zero-order valence-electron chi connectivity index (χ0n) is 41.5. The number of nitrogens with zero attached hydrogens (tertiary/aromatic N) is 2. The fraction of sp³-hybridized carbons (Fsp3) is 0.600. The molecule has 65 heavy (non-hydrogen) atoms. The molecule has 0 amide bonds. The van der Waals surface area contributed by atoms with E-state index < -0.39 is 11.9 Å². The van der Waals surface area contributed by atoms with Crippen LogP contribution in [0.4, 0.5) is 0 Å². The first kappa shape index (κ1) is 49.6. The number of nitrogens with one attached hydrogen (secondary N) is 2. The van der Waals surface area contributed by atoms with E-state index in [1.54, 1.807) is 6.92 Å². The van der Waals surface area contributed by atoms with E-state index >= 15 is 0 Å². The van der Waals surface area contributed by atoms with Crippen molar-refractivity contribution in [3.63, 3.8) is 0 Å². The van der Waals surface area contributed by atoms with E-state index in [1.165, 1.54) is 26.4 Å². The van der Waals surface area contributed by atoms with E-state index in [0.29, 0.717) is 46.9 Å². The van der Waals surface area contributed by atoms with E-state index in [2.05, 4.69) is 89.6 Å². The molecule has 10 nitrogen and oxygen atoms in total. The van der Waals surface area contributed by atoms with Gasteiger partial charge in [-0.05, 0) is 106 Å². The summed E-state index contributed by atoms with van der Waals surface area (Å²) in [6.45, 7) is 24.0. The molecule has 6 rings (SSSR count). The number of aliphatic hydroxyl groups excluding tert-OH is 2. The van der Waals surface area contributed by atoms with Gasteiger partial charge in [-0.3, -0.25) is 19.6 Å². The van der Waals surface area contributed by atoms with E-state index in [1.807, 2.05) is 19.9 Å². The maximum atomic E-state index is 13.7. The van der Waals surface area contributed by atoms with Gasteiger partial charge >= 0.3 is 11.9 Å². The number of rotatable bonds is 19. The molecule has 0 saturated carbocycles. The first-order valence-corrected chi connectivity index (χ1v) is 24.7. The standard InChI is InChI=1S/C55H78N4O6/c1-13-39-34(7)41-29-46-48(38(11)60)36(9)43(57-46)27-42-35(8)40(52(58-42)50-51(55(63)64-12)54(62)49-37(10)44(59-53(49)50)28-45(39)56-41)23-24-47(61)65-26-25-33(6)22-16-21-32(5)20-15-19-31(4)18-14-17-30(2)3/h15,20,27-35,39-40,51,57,59-60,62H,13-14,16-19,21-26H2,1-12H3/b20-15-,42-27?,45-28?,46-29?,48-38+/t31-,32-,33?,34+,35-,39+,40-,51+/m0/s1. The summed E-state index contributed by atoms with van der Waals surface area (Å²) in [5.74, 6) is 0.573. The number of ether oxygens (including phenoxy) is 2. The fourth-order valence-corrected chi connectivity index (χ4v) is 10.7. The van der Waals surface area contributed by atoms with Crippen molar-refractivity contribution in [3.05, 3.63) is 80.3 Å². The molecule has 10 heteroatoms. The van der Waals surface area contributed by atoms with E-state index in [-0.39, 0.29) is 47.6 Å². The van der Waals surface area contributed by atoms with Crippen LogP contribution in [0.25, 0.3) is 33.6 Å². The van der Waals surface area contributed by atoms with Crippen molar-refractivity contribution in [2.45, 2.75) is 176 Å². The molecule has 0 saturated heterocycles. The van der Waals surface area contributed by atoms with Gasteiger partial charge in [0.1, 0.15) is 11.7 Å². The minimum Gasteiger partial charge on any atom is -0.512 e. The van der Waals surface area contributed by atoms with Gasteiger partial charge in [-0.2, -0.15) is 0 Å². The van der Waals surface area contributed by atoms with Crippen LogP contribution in [-0.2, 0) is 19.1 Å². The molecule has 3 aromatic heterocycles. The molecule has 1 unspecified atom stereocenters. The molecule has 5 heterocycles. The predicted octanol–water partition coefficient (Wildman–Crippen LogP) is 12.3. The van der Waals surface area contributed by atoms with Gasteiger partial charge < -0.3 is 29.7 Å². The highest BCUT2D eigenvalue weighted by Gasteiger charge is 2.42. The second-order valence-electron chi connectivity index (χ2n) is 20.4. The van der Waals surface area contributed by atoms with Gasteiger partial charge in [0.2, 0.25) is 0 Å². The monoisotopic (exact) mass is 891 g/mol. The number of carbonyl (C=O) groups is 2. The normalized spacial score (nSPS) is 21.2. The van der Waals surface area contributed by atoms with Gasteiger partial charge in [0, 0.05) is 74.2 Å². The van der Waals surface area contributed by atoms with Crippen LogP contribution in [-0.4, -0.2) is 55.8 Å². The first-order valence-electron chi connectivity index (χ1n) is 24.7. The minimum atomic E-state index is -1.08. The van der Waals surface area contributed by atoms with Crippen LogP contribution in [0.5, 0.6) is 0 Å². The van der Waals surface area contributed by atoms with Crippen LogP contribution in [0, 0.1) is 37.5 Å². The lowest BCUT2D eigenvalue weighted by Crippen LogP contribution is -2.18. The van der Waals surface area contributed by atoms with Crippen molar-refractivity contribution in [1.29, 1.82) is 0 Å². The highest BCUT2D eigenvalue weighted by atomic mass is 16.5. The summed E-state index contributed by atoms with van der Waals surface area (Å²) in [4.78, 5) is 44.8. The largest absolute Gasteiger partial charge is 0.512 e. The highest BCUT2D eigenvalue weighted by Crippen LogP contribution is 2.46. The number of hydrogen-bond donors (Lipinski definition) is 4. The van der Waals surface area contributed by atoms with Crippen LogP contribution in [0.3, 0.4) is 0 Å². The van der Waals surface area contributed by atoms with Gasteiger partial charge in [0.15, 0.2) is 0 Å². The Labute approximate surface area is 387 Å². The SMILES string of the molecule is CC[C@H]1c2cc3[nH]c4c(c5nc(cc6[nH]c(cc(n2)[C@@H]1C)/c(=C(\C)O)c6C)[C@@H](C)[C@@H]5CCC(=O)OCCC(C)CCC[C@@H](C)/C=C\C[C@@H](C)CCCC(C)C)[C@@H](C(=O)OC)C(O)=c4c3C. The Kier molecular flexibility index (Phi) is 16.5. The molecule has 3 aliphatic rings. The minimum absolute atomic E-state index is 0.0716. The summed E-state index contributed by atoms with van der Waals surface area (Å²) in [5, 5.41) is 24.2. The maximum Gasteiger partial charge on any atom is 0.321 e. The quantitative estimate of drug-likeness (QED) is 0.0686. The molecule has 0 radical (unpaired) electrons. The second-order valence-corrected chi connectivity index (χ2v) is 20.4. The van der Waals surface area contributed by atoms with Crippen LogP contribution >= 0.6 is 0 Å². The number of methoxy groups -OCH3 is 1. The lowest BCUT2D eigenvalue weighted by molar-refractivity contribution is -0.144. The number of H-pyrrole nitrogens is 2. The summed E-state index contributed by atoms with van der Waals surface area (Å²) >= 11 is 0. The van der Waals surface area contributed by atoms with E-state index in [4.69, 9.17) is 19.4 Å². The topological polar surface area (TPSA) is 150 Å². The third kappa shape index (κ3) is 11.1. The Morgan fingerprint density at radius 3 is 2.17 bits per heavy atom. The second kappa shape index (κ2) is 21.6. The van der Waals surface area contributed by atoms with Gasteiger partial charge in [-0.15, -0.1) is 0 Å². The fourth-order valence-electron chi connectivity index (χ4n) is 10.7. The van der Waals surface area contributed by atoms with Crippen LogP contribution in [0.2, 0.25) is 0 Å². The average Bonchev–Trinajstić information content (AvgIpc) is 4.00. The van der Waals surface area contributed by atoms with E-state index in [0.717, 1.165) is 100 Å². The molecule has 8 bridgehead atoms. The Balaban J connectivity index is 1.24. The van der Waals surface area contributed by atoms with Gasteiger partial charge in [0.25, 0.3) is 0 Å². The Morgan fingerprint density at radius 1 is 0.831 bits per heavy atom. The first-order chi connectivity index (χ1) is 30.9. The number of hydrogen-bond acceptors (Lipinski definition) is 8. The third-order valence-corrected chi connectivity index (χ3v) is 14.8. The number of esters is 2. The summed E-state index contributed by atoms with van der Waals surface area (Å²) in [6.07, 6.45) is 15.6. The van der Waals surface area contributed by atoms with Crippen molar-refractivity contribution < 1.29 is 29.3 Å². The summed E-state index contributed by atoms with van der Waals surface area (Å²) in [6, 6.07) is 6.13. The number of fused-ring (bicyclic) bond motifs is 8. The molecular weight excluding hydrogens is 813 g/mol. The summed E-state index contributed by atoms with van der Waals surface area (Å²) in [7, 11) is 1.33. The van der Waals surface area contributed by atoms with Crippen molar-refractivity contribution in [2.24, 2.45) is 23.7 Å². The predicted molar refractivity (Wildman–Crippen MR) is 263 cm³/mol. The van der Waals surface area contributed by atoms with Gasteiger partial charge in [-0.25, -0.2) is 0 Å². The number of aromatic nitrogens is 4. The van der Waals surface area contributed by atoms with Crippen LogP contribution in [0.15, 0.2) is 30.4 Å². The number of aryl methyl sites for hydroxylation is 2. The molecular formula is C55H78N4O6. The molecule has 1 aliphatic carbocycles. The Hall–Kier alpha value is -4.86. The zero-order chi connectivity index (χ0) is 47.3. The molecule has 2 aliphatic heterocycles. The van der Waals surface area contributed by atoms with Gasteiger partial charge in [0.05, 0.1) is 36.2 Å². The molecule has 4 N–H and O–H groups in total. The summed E-state index contributed by atoms with van der Waals surface area (Å²) in [5.41, 5.74) is 8.51. The average molecular weight is 891 g/mol. The molecule has 0 fully saturated rings. The molecule has 0 aromatic carbocycles. The third-order valence-electron chi connectivity index (χ3n) is 14.8. The van der Waals surface area contributed by atoms with Crippen molar-refractivity contribution >= 4 is 45.5 Å². The smallest absolute Gasteiger partial charge is 0.321 e. The van der Waals surface area contributed by atoms with Crippen LogP contribution in [0.1, 0.15) is 202 Å².